The number of pyridine rings is 1. The molecule has 0 aliphatic carbocycles. The number of hydrogen-bond acceptors (Lipinski definition) is 4. The van der Waals surface area contributed by atoms with Crippen molar-refractivity contribution in [3.05, 3.63) is 60.8 Å². The van der Waals surface area contributed by atoms with Gasteiger partial charge < -0.3 is 9.64 Å². The summed E-state index contributed by atoms with van der Waals surface area (Å²) < 4.78 is 7.45. The lowest BCUT2D eigenvalue weighted by atomic mass is 10.1. The van der Waals surface area contributed by atoms with Gasteiger partial charge in [0.2, 0.25) is 0 Å². The molecule has 1 aromatic carbocycles. The summed E-state index contributed by atoms with van der Waals surface area (Å²) in [6.07, 6.45) is 5.36. The number of imidazole rings is 1. The van der Waals surface area contributed by atoms with Crippen molar-refractivity contribution in [2.24, 2.45) is 4.99 Å². The van der Waals surface area contributed by atoms with Gasteiger partial charge in [0.05, 0.1) is 30.4 Å². The van der Waals surface area contributed by atoms with Gasteiger partial charge in [0.15, 0.2) is 7.85 Å². The van der Waals surface area contributed by atoms with Crippen LogP contribution in [0, 0.1) is 0 Å². The topological polar surface area (TPSA) is 55.5 Å². The van der Waals surface area contributed by atoms with E-state index < -0.39 is 0 Å². The number of ether oxygens (including phenoxy) is 1. The second kappa shape index (κ2) is 7.76. The van der Waals surface area contributed by atoms with Gasteiger partial charge in [-0.25, -0.2) is 4.98 Å². The van der Waals surface area contributed by atoms with Gasteiger partial charge in [-0.3, -0.25) is 14.5 Å². The van der Waals surface area contributed by atoms with E-state index in [1.807, 2.05) is 42.3 Å². The molecule has 1 saturated heterocycles. The molecule has 1 aliphatic rings. The van der Waals surface area contributed by atoms with Gasteiger partial charge in [-0.15, -0.1) is 0 Å². The SMILES string of the molecule is [B]C(=N/C=C(\C)c1nc2ccncc2n1-c1ccccc1)N1CCOCC1. The predicted octanol–water partition coefficient (Wildman–Crippen LogP) is 2.64. The number of amidine groups is 1. The first kappa shape index (κ1) is 17.5. The third kappa shape index (κ3) is 3.64. The van der Waals surface area contributed by atoms with E-state index >= 15 is 0 Å². The number of morpholine rings is 1. The first-order chi connectivity index (χ1) is 13.2. The highest BCUT2D eigenvalue weighted by Crippen LogP contribution is 2.25. The number of fused-ring (bicyclic) bond motifs is 1. The second-order valence-electron chi connectivity index (χ2n) is 6.37. The monoisotopic (exact) mass is 357 g/mol. The fourth-order valence-electron chi connectivity index (χ4n) is 3.12. The highest BCUT2D eigenvalue weighted by molar-refractivity contribution is 6.58. The first-order valence-electron chi connectivity index (χ1n) is 8.95. The Balaban J connectivity index is 1.74. The van der Waals surface area contributed by atoms with Crippen molar-refractivity contribution >= 4 is 30.2 Å². The molecule has 0 bridgehead atoms. The van der Waals surface area contributed by atoms with Crippen LogP contribution < -0.4 is 0 Å². The van der Waals surface area contributed by atoms with Crippen LogP contribution in [0.15, 0.2) is 60.0 Å². The van der Waals surface area contributed by atoms with Crippen molar-refractivity contribution in [2.45, 2.75) is 6.92 Å². The number of allylic oxidation sites excluding steroid dienone is 1. The maximum Gasteiger partial charge on any atom is 0.167 e. The highest BCUT2D eigenvalue weighted by Gasteiger charge is 2.14. The standard InChI is InChI=1S/C20H20BN5O/c1-15(13-23-20(21)25-9-11-27-12-10-25)19-24-17-7-8-22-14-18(17)26(19)16-5-3-2-4-6-16/h2-8,13-14H,9-12H2,1H3/b15-13+,23-20?. The zero-order valence-corrected chi connectivity index (χ0v) is 15.2. The van der Waals surface area contributed by atoms with Crippen LogP contribution in [-0.2, 0) is 4.74 Å². The molecule has 3 aromatic rings. The molecule has 7 heteroatoms. The Kier molecular flexibility index (Phi) is 5.02. The molecule has 1 fully saturated rings. The van der Waals surface area contributed by atoms with E-state index in [4.69, 9.17) is 17.6 Å². The Labute approximate surface area is 159 Å². The average Bonchev–Trinajstić information content (AvgIpc) is 3.12. The molecular formula is C20H20BN5O. The summed E-state index contributed by atoms with van der Waals surface area (Å²) in [5.74, 6) is 0.822. The third-order valence-electron chi connectivity index (χ3n) is 4.55. The Bertz CT molecular complexity index is 990. The Hall–Kier alpha value is -2.93. The summed E-state index contributed by atoms with van der Waals surface area (Å²) in [5.41, 5.74) is 4.30. The fraction of sp³-hybridized carbons (Fsp3) is 0.250. The predicted molar refractivity (Wildman–Crippen MR) is 108 cm³/mol. The van der Waals surface area contributed by atoms with E-state index in [2.05, 4.69) is 26.7 Å². The molecule has 2 aromatic heterocycles. The van der Waals surface area contributed by atoms with E-state index in [0.29, 0.717) is 18.9 Å². The zero-order chi connectivity index (χ0) is 18.6. The first-order valence-corrected chi connectivity index (χ1v) is 8.95. The minimum atomic E-state index is 0.502. The maximum atomic E-state index is 6.14. The lowest BCUT2D eigenvalue weighted by Gasteiger charge is -2.28. The molecule has 4 rings (SSSR count). The van der Waals surface area contributed by atoms with E-state index in [1.54, 1.807) is 12.4 Å². The molecule has 0 atom stereocenters. The van der Waals surface area contributed by atoms with Crippen LogP contribution in [-0.4, -0.2) is 59.3 Å². The quantitative estimate of drug-likeness (QED) is 0.411. The van der Waals surface area contributed by atoms with E-state index in [0.717, 1.165) is 41.2 Å². The number of rotatable bonds is 3. The van der Waals surface area contributed by atoms with Crippen LogP contribution in [0.3, 0.4) is 0 Å². The number of nitrogens with zero attached hydrogens (tertiary/aromatic N) is 5. The van der Waals surface area contributed by atoms with Crippen LogP contribution in [0.1, 0.15) is 12.7 Å². The molecule has 3 heterocycles. The summed E-state index contributed by atoms with van der Waals surface area (Å²) in [4.78, 5) is 15.5. The molecule has 27 heavy (non-hydrogen) atoms. The van der Waals surface area contributed by atoms with Crippen molar-refractivity contribution in [3.8, 4) is 5.69 Å². The van der Waals surface area contributed by atoms with Crippen molar-refractivity contribution in [3.63, 3.8) is 0 Å². The Morgan fingerprint density at radius 3 is 2.74 bits per heavy atom. The molecule has 1 aliphatic heterocycles. The van der Waals surface area contributed by atoms with Crippen LogP contribution in [0.2, 0.25) is 0 Å². The lowest BCUT2D eigenvalue weighted by Crippen LogP contribution is -2.40. The number of hydrogen-bond donors (Lipinski definition) is 0. The molecule has 0 amide bonds. The highest BCUT2D eigenvalue weighted by atomic mass is 16.5. The molecule has 0 N–H and O–H groups in total. The normalized spacial score (nSPS) is 16.1. The zero-order valence-electron chi connectivity index (χ0n) is 15.2. The van der Waals surface area contributed by atoms with Gasteiger partial charge in [0.1, 0.15) is 5.82 Å². The van der Waals surface area contributed by atoms with Crippen LogP contribution in [0.25, 0.3) is 22.3 Å². The van der Waals surface area contributed by atoms with E-state index in [9.17, 15) is 0 Å². The fourth-order valence-corrected chi connectivity index (χ4v) is 3.12. The van der Waals surface area contributed by atoms with Gasteiger partial charge in [-0.2, -0.15) is 0 Å². The van der Waals surface area contributed by atoms with Gasteiger partial charge in [-0.1, -0.05) is 18.2 Å². The number of para-hydroxylation sites is 1. The molecule has 0 spiro atoms. The van der Waals surface area contributed by atoms with E-state index in [-0.39, 0.29) is 0 Å². The summed E-state index contributed by atoms with van der Waals surface area (Å²) in [6, 6.07) is 12.0. The van der Waals surface area contributed by atoms with Crippen molar-refractivity contribution < 1.29 is 4.74 Å². The summed E-state index contributed by atoms with van der Waals surface area (Å²) in [5, 5.41) is 0. The van der Waals surface area contributed by atoms with Crippen LogP contribution >= 0.6 is 0 Å². The van der Waals surface area contributed by atoms with E-state index in [1.165, 1.54) is 0 Å². The number of aromatic nitrogens is 3. The molecule has 134 valence electrons. The summed E-state index contributed by atoms with van der Waals surface area (Å²) >= 11 is 0. The molecule has 0 saturated carbocycles. The largest absolute Gasteiger partial charge is 0.378 e. The van der Waals surface area contributed by atoms with Gasteiger partial charge >= 0.3 is 0 Å². The Morgan fingerprint density at radius 2 is 1.96 bits per heavy atom. The summed E-state index contributed by atoms with van der Waals surface area (Å²) in [7, 11) is 6.14. The second-order valence-corrected chi connectivity index (χ2v) is 6.37. The minimum absolute atomic E-state index is 0.502. The van der Waals surface area contributed by atoms with Gasteiger partial charge in [0, 0.05) is 42.5 Å². The van der Waals surface area contributed by atoms with Crippen molar-refractivity contribution in [1.29, 1.82) is 0 Å². The lowest BCUT2D eigenvalue weighted by molar-refractivity contribution is 0.0692. The molecule has 2 radical (unpaired) electrons. The molecular weight excluding hydrogens is 337 g/mol. The van der Waals surface area contributed by atoms with Gasteiger partial charge in [0.25, 0.3) is 0 Å². The van der Waals surface area contributed by atoms with Crippen molar-refractivity contribution in [1.82, 2.24) is 19.4 Å². The summed E-state index contributed by atoms with van der Waals surface area (Å²) in [6.45, 7) is 4.86. The van der Waals surface area contributed by atoms with Crippen molar-refractivity contribution in [2.75, 3.05) is 26.3 Å². The minimum Gasteiger partial charge on any atom is -0.378 e. The maximum absolute atomic E-state index is 6.14. The molecule has 0 unspecified atom stereocenters. The smallest absolute Gasteiger partial charge is 0.167 e. The van der Waals surface area contributed by atoms with Gasteiger partial charge in [-0.05, 0) is 25.1 Å². The Morgan fingerprint density at radius 1 is 1.19 bits per heavy atom. The van der Waals surface area contributed by atoms with Crippen LogP contribution in [0.4, 0.5) is 0 Å². The van der Waals surface area contributed by atoms with Crippen LogP contribution in [0.5, 0.6) is 0 Å². The molecule has 6 nitrogen and oxygen atoms in total. The number of benzene rings is 1. The average molecular weight is 357 g/mol. The number of aliphatic imine (C=N–C) groups is 1. The third-order valence-corrected chi connectivity index (χ3v) is 4.55.